The van der Waals surface area contributed by atoms with Crippen molar-refractivity contribution in [1.82, 2.24) is 4.90 Å². The molecule has 0 aromatic rings. The van der Waals surface area contributed by atoms with Crippen LogP contribution in [0, 0.1) is 35.5 Å². The molecule has 0 saturated heterocycles. The fraction of sp³-hybridized carbons (Fsp3) is 1.00. The second-order valence-corrected chi connectivity index (χ2v) is 9.87. The average molecular weight is 338 g/mol. The summed E-state index contributed by atoms with van der Waals surface area (Å²) in [5.41, 5.74) is 0. The minimum atomic E-state index is -0.321. The summed E-state index contributed by atoms with van der Waals surface area (Å²) in [5, 5.41) is 10.8. The Hall–Kier alpha value is -0.0800. The monoisotopic (exact) mass is 337 g/mol. The molecule has 24 heavy (non-hydrogen) atoms. The van der Waals surface area contributed by atoms with E-state index in [-0.39, 0.29) is 6.23 Å². The Labute approximate surface area is 151 Å². The van der Waals surface area contributed by atoms with Gasteiger partial charge in [-0.15, -0.1) is 0 Å². The average Bonchev–Trinajstić information content (AvgIpc) is 2.46. The van der Waals surface area contributed by atoms with Crippen molar-refractivity contribution in [3.63, 3.8) is 0 Å². The Balaban J connectivity index is 2.30. The van der Waals surface area contributed by atoms with Crippen LogP contribution in [0.4, 0.5) is 0 Å². The molecule has 7 unspecified atom stereocenters. The van der Waals surface area contributed by atoms with Crippen LogP contribution in [0.25, 0.3) is 0 Å². The number of aliphatic hydroxyl groups is 1. The molecule has 0 radical (unpaired) electrons. The molecule has 142 valence electrons. The largest absolute Gasteiger partial charge is 0.379 e. The quantitative estimate of drug-likeness (QED) is 0.665. The fourth-order valence-corrected chi connectivity index (χ4v) is 5.79. The predicted octanol–water partition coefficient (Wildman–Crippen LogP) is 5.55. The SMILES string of the molecule is CC1CCC(C(C)C)C(N(C(C)O)C2CC(C)CCC2C(C)C)C1. The lowest BCUT2D eigenvalue weighted by atomic mass is 9.69. The molecule has 2 saturated carbocycles. The van der Waals surface area contributed by atoms with Gasteiger partial charge >= 0.3 is 0 Å². The highest BCUT2D eigenvalue weighted by Gasteiger charge is 2.43. The molecule has 0 aromatic carbocycles. The van der Waals surface area contributed by atoms with Gasteiger partial charge in [0.2, 0.25) is 0 Å². The Kier molecular flexibility index (Phi) is 7.20. The van der Waals surface area contributed by atoms with Gasteiger partial charge in [0.25, 0.3) is 0 Å². The third-order valence-corrected chi connectivity index (χ3v) is 7.17. The zero-order chi connectivity index (χ0) is 18.0. The van der Waals surface area contributed by atoms with Crippen LogP contribution in [-0.2, 0) is 0 Å². The van der Waals surface area contributed by atoms with Gasteiger partial charge < -0.3 is 5.11 Å². The second kappa shape index (κ2) is 8.54. The third kappa shape index (κ3) is 4.55. The van der Waals surface area contributed by atoms with Gasteiger partial charge in [-0.1, -0.05) is 54.4 Å². The molecule has 2 aliphatic carbocycles. The molecule has 0 heterocycles. The maximum atomic E-state index is 10.8. The lowest BCUT2D eigenvalue weighted by molar-refractivity contribution is -0.110. The molecular formula is C22H43NO. The van der Waals surface area contributed by atoms with Crippen molar-refractivity contribution in [1.29, 1.82) is 0 Å². The summed E-state index contributed by atoms with van der Waals surface area (Å²) in [6.45, 7) is 16.4. The predicted molar refractivity (Wildman–Crippen MR) is 104 cm³/mol. The minimum absolute atomic E-state index is 0.321. The van der Waals surface area contributed by atoms with Crippen LogP contribution in [0.5, 0.6) is 0 Å². The smallest absolute Gasteiger partial charge is 0.105 e. The normalized spacial score (nSPS) is 39.6. The number of hydrogen-bond donors (Lipinski definition) is 1. The summed E-state index contributed by atoms with van der Waals surface area (Å²) in [6.07, 6.45) is 7.61. The summed E-state index contributed by atoms with van der Waals surface area (Å²) >= 11 is 0. The molecule has 2 nitrogen and oxygen atoms in total. The van der Waals surface area contributed by atoms with Gasteiger partial charge in [0.05, 0.1) is 0 Å². The highest BCUT2D eigenvalue weighted by atomic mass is 16.3. The van der Waals surface area contributed by atoms with Crippen LogP contribution in [0.1, 0.15) is 87.0 Å². The second-order valence-electron chi connectivity index (χ2n) is 9.87. The van der Waals surface area contributed by atoms with Gasteiger partial charge in [-0.25, -0.2) is 0 Å². The fourth-order valence-electron chi connectivity index (χ4n) is 5.79. The van der Waals surface area contributed by atoms with Gasteiger partial charge in [-0.3, -0.25) is 4.90 Å². The summed E-state index contributed by atoms with van der Waals surface area (Å²) in [7, 11) is 0. The lowest BCUT2D eigenvalue weighted by Gasteiger charge is -2.52. The molecule has 0 spiro atoms. The van der Waals surface area contributed by atoms with Gasteiger partial charge in [0.15, 0.2) is 0 Å². The molecule has 0 bridgehead atoms. The van der Waals surface area contributed by atoms with E-state index >= 15 is 0 Å². The lowest BCUT2D eigenvalue weighted by Crippen LogP contribution is -2.58. The first kappa shape index (κ1) is 20.2. The van der Waals surface area contributed by atoms with Crippen molar-refractivity contribution in [2.24, 2.45) is 35.5 Å². The van der Waals surface area contributed by atoms with E-state index in [0.29, 0.717) is 23.9 Å². The maximum Gasteiger partial charge on any atom is 0.105 e. The minimum Gasteiger partial charge on any atom is -0.379 e. The van der Waals surface area contributed by atoms with Crippen LogP contribution in [0.15, 0.2) is 0 Å². The summed E-state index contributed by atoms with van der Waals surface area (Å²) in [4.78, 5) is 2.58. The molecular weight excluding hydrogens is 294 g/mol. The standard InChI is InChI=1S/C22H43NO/c1-14(2)19-10-8-16(5)12-21(19)23(18(7)24)22-13-17(6)9-11-20(22)15(3)4/h14-22,24H,8-13H2,1-7H3. The van der Waals surface area contributed by atoms with Gasteiger partial charge in [-0.05, 0) is 68.1 Å². The Bertz CT molecular complexity index is 346. The van der Waals surface area contributed by atoms with Crippen molar-refractivity contribution in [3.05, 3.63) is 0 Å². The van der Waals surface area contributed by atoms with Crippen LogP contribution >= 0.6 is 0 Å². The first-order valence-electron chi connectivity index (χ1n) is 10.7. The molecule has 0 aromatic heterocycles. The van der Waals surface area contributed by atoms with Crippen molar-refractivity contribution < 1.29 is 5.11 Å². The first-order chi connectivity index (χ1) is 11.2. The van der Waals surface area contributed by atoms with Gasteiger partial charge in [0.1, 0.15) is 6.23 Å². The zero-order valence-electron chi connectivity index (χ0n) is 17.3. The van der Waals surface area contributed by atoms with Crippen molar-refractivity contribution >= 4 is 0 Å². The molecule has 0 amide bonds. The van der Waals surface area contributed by atoms with E-state index in [1.165, 1.54) is 38.5 Å². The molecule has 2 fully saturated rings. The van der Waals surface area contributed by atoms with E-state index in [1.54, 1.807) is 0 Å². The summed E-state index contributed by atoms with van der Waals surface area (Å²) in [5.74, 6) is 4.49. The van der Waals surface area contributed by atoms with Crippen molar-refractivity contribution in [2.75, 3.05) is 0 Å². The summed E-state index contributed by atoms with van der Waals surface area (Å²) in [6, 6.07) is 1.12. The molecule has 7 atom stereocenters. The zero-order valence-corrected chi connectivity index (χ0v) is 17.3. The molecule has 0 aliphatic heterocycles. The molecule has 1 N–H and O–H groups in total. The summed E-state index contributed by atoms with van der Waals surface area (Å²) < 4.78 is 0. The van der Waals surface area contributed by atoms with E-state index in [9.17, 15) is 5.11 Å². The molecule has 2 aliphatic rings. The van der Waals surface area contributed by atoms with E-state index in [2.05, 4.69) is 46.4 Å². The van der Waals surface area contributed by atoms with E-state index in [0.717, 1.165) is 23.7 Å². The van der Waals surface area contributed by atoms with Crippen LogP contribution in [-0.4, -0.2) is 28.3 Å². The number of aliphatic hydroxyl groups excluding tert-OH is 1. The Morgan fingerprint density at radius 1 is 0.708 bits per heavy atom. The van der Waals surface area contributed by atoms with Crippen LogP contribution in [0.3, 0.4) is 0 Å². The maximum absolute atomic E-state index is 10.8. The molecule has 2 heteroatoms. The third-order valence-electron chi connectivity index (χ3n) is 7.17. The van der Waals surface area contributed by atoms with Crippen LogP contribution in [0.2, 0.25) is 0 Å². The van der Waals surface area contributed by atoms with E-state index in [4.69, 9.17) is 0 Å². The molecule has 2 rings (SSSR count). The highest BCUT2D eigenvalue weighted by molar-refractivity contribution is 4.95. The van der Waals surface area contributed by atoms with E-state index < -0.39 is 0 Å². The van der Waals surface area contributed by atoms with Crippen molar-refractivity contribution in [2.45, 2.75) is 105 Å². The van der Waals surface area contributed by atoms with Crippen LogP contribution < -0.4 is 0 Å². The van der Waals surface area contributed by atoms with Crippen molar-refractivity contribution in [3.8, 4) is 0 Å². The first-order valence-corrected chi connectivity index (χ1v) is 10.7. The number of rotatable bonds is 5. The Morgan fingerprint density at radius 3 is 1.38 bits per heavy atom. The van der Waals surface area contributed by atoms with E-state index in [1.807, 2.05) is 6.92 Å². The van der Waals surface area contributed by atoms with Gasteiger partial charge in [0, 0.05) is 12.1 Å². The highest BCUT2D eigenvalue weighted by Crippen LogP contribution is 2.43. The number of hydrogen-bond acceptors (Lipinski definition) is 2. The Morgan fingerprint density at radius 2 is 1.08 bits per heavy atom. The number of nitrogens with zero attached hydrogens (tertiary/aromatic N) is 1. The topological polar surface area (TPSA) is 23.5 Å². The van der Waals surface area contributed by atoms with Gasteiger partial charge in [-0.2, -0.15) is 0 Å².